The molecule has 3 nitrogen and oxygen atoms in total. The number of hydrogen-bond acceptors (Lipinski definition) is 2. The van der Waals surface area contributed by atoms with Crippen molar-refractivity contribution in [1.82, 2.24) is 4.90 Å². The number of carbonyl (C=O) groups excluding carboxylic acids is 1. The van der Waals surface area contributed by atoms with Gasteiger partial charge in [-0.1, -0.05) is 12.1 Å². The minimum atomic E-state index is -0.295. The van der Waals surface area contributed by atoms with E-state index < -0.39 is 0 Å². The lowest BCUT2D eigenvalue weighted by atomic mass is 10.1. The normalized spacial score (nSPS) is 20.3. The lowest BCUT2D eigenvalue weighted by Gasteiger charge is -2.13. The first kappa shape index (κ1) is 12.8. The number of allylic oxidation sites excluding steroid dienone is 1. The van der Waals surface area contributed by atoms with Crippen LogP contribution in [0.1, 0.15) is 18.9 Å². The van der Waals surface area contributed by atoms with E-state index in [1.165, 1.54) is 12.1 Å². The molecule has 0 spiro atoms. The first-order valence-electron chi connectivity index (χ1n) is 6.05. The zero-order valence-corrected chi connectivity index (χ0v) is 10.4. The predicted octanol–water partition coefficient (Wildman–Crippen LogP) is 1.79. The van der Waals surface area contributed by atoms with Crippen molar-refractivity contribution >= 4 is 11.5 Å². The Hall–Kier alpha value is -1.68. The van der Waals surface area contributed by atoms with Crippen molar-refractivity contribution in [2.45, 2.75) is 19.4 Å². The van der Waals surface area contributed by atoms with Gasteiger partial charge >= 0.3 is 0 Å². The van der Waals surface area contributed by atoms with Crippen molar-refractivity contribution in [1.29, 1.82) is 0 Å². The fourth-order valence-corrected chi connectivity index (χ4v) is 2.08. The molecule has 18 heavy (non-hydrogen) atoms. The Bertz CT molecular complexity index is 484. The smallest absolute Gasteiger partial charge is 0.246 e. The lowest BCUT2D eigenvalue weighted by molar-refractivity contribution is -0.125. The molecule has 96 valence electrons. The van der Waals surface area contributed by atoms with E-state index in [2.05, 4.69) is 0 Å². The third-order valence-corrected chi connectivity index (χ3v) is 3.16. The summed E-state index contributed by atoms with van der Waals surface area (Å²) >= 11 is 0. The summed E-state index contributed by atoms with van der Waals surface area (Å²) in [6.45, 7) is 3.11. The highest BCUT2D eigenvalue weighted by Crippen LogP contribution is 2.16. The molecule has 0 bridgehead atoms. The van der Waals surface area contributed by atoms with E-state index in [0.29, 0.717) is 13.1 Å². The van der Waals surface area contributed by atoms with Crippen LogP contribution in [-0.4, -0.2) is 29.9 Å². The maximum absolute atomic E-state index is 13.1. The Morgan fingerprint density at radius 2 is 2.33 bits per heavy atom. The van der Waals surface area contributed by atoms with Gasteiger partial charge < -0.3 is 10.6 Å². The fourth-order valence-electron chi connectivity index (χ4n) is 2.08. The highest BCUT2D eigenvalue weighted by molar-refractivity contribution is 5.95. The van der Waals surface area contributed by atoms with Crippen LogP contribution in [0.25, 0.3) is 5.57 Å². The van der Waals surface area contributed by atoms with E-state index in [1.54, 1.807) is 23.1 Å². The molecule has 0 radical (unpaired) electrons. The molecular weight excluding hydrogens is 231 g/mol. The molecule has 0 aliphatic carbocycles. The monoisotopic (exact) mass is 248 g/mol. The van der Waals surface area contributed by atoms with Crippen LogP contribution in [0.2, 0.25) is 0 Å². The van der Waals surface area contributed by atoms with Gasteiger partial charge in [-0.15, -0.1) is 0 Å². The van der Waals surface area contributed by atoms with Crippen molar-refractivity contribution in [2.24, 2.45) is 5.73 Å². The van der Waals surface area contributed by atoms with Gasteiger partial charge in [-0.2, -0.15) is 0 Å². The number of halogens is 1. The number of carbonyl (C=O) groups is 1. The zero-order valence-electron chi connectivity index (χ0n) is 10.4. The molecule has 0 unspecified atom stereocenters. The maximum Gasteiger partial charge on any atom is 0.246 e. The Morgan fingerprint density at radius 1 is 1.56 bits per heavy atom. The van der Waals surface area contributed by atoms with Crippen molar-refractivity contribution in [3.63, 3.8) is 0 Å². The molecule has 1 amide bonds. The number of nitrogens with zero attached hydrogens (tertiary/aromatic N) is 1. The Labute approximate surface area is 106 Å². The van der Waals surface area contributed by atoms with E-state index in [9.17, 15) is 9.18 Å². The van der Waals surface area contributed by atoms with Crippen LogP contribution in [0.15, 0.2) is 30.3 Å². The van der Waals surface area contributed by atoms with Crippen LogP contribution >= 0.6 is 0 Å². The number of rotatable bonds is 2. The summed E-state index contributed by atoms with van der Waals surface area (Å²) in [4.78, 5) is 13.7. The number of amides is 1. The van der Waals surface area contributed by atoms with Gasteiger partial charge in [0.25, 0.3) is 0 Å². The fraction of sp³-hybridized carbons (Fsp3) is 0.357. The van der Waals surface area contributed by atoms with Crippen LogP contribution in [0, 0.1) is 5.82 Å². The molecular formula is C14H17FN2O. The van der Waals surface area contributed by atoms with Crippen LogP contribution < -0.4 is 5.73 Å². The molecule has 0 aromatic heterocycles. The molecule has 2 N–H and O–H groups in total. The van der Waals surface area contributed by atoms with Crippen molar-refractivity contribution < 1.29 is 9.18 Å². The number of nitrogens with two attached hydrogens (primary N) is 1. The van der Waals surface area contributed by atoms with Gasteiger partial charge in [0.1, 0.15) is 5.82 Å². The summed E-state index contributed by atoms with van der Waals surface area (Å²) in [6.07, 6.45) is 2.39. The van der Waals surface area contributed by atoms with Gasteiger partial charge in [0.2, 0.25) is 5.91 Å². The van der Waals surface area contributed by atoms with Gasteiger partial charge in [-0.05, 0) is 36.6 Å². The van der Waals surface area contributed by atoms with E-state index in [4.69, 9.17) is 5.73 Å². The first-order valence-corrected chi connectivity index (χ1v) is 6.05. The average Bonchev–Trinajstić information content (AvgIpc) is 2.76. The quantitative estimate of drug-likeness (QED) is 0.811. The minimum absolute atomic E-state index is 0.0512. The number of benzene rings is 1. The molecule has 1 aromatic rings. The van der Waals surface area contributed by atoms with Crippen molar-refractivity contribution in [2.75, 3.05) is 13.1 Å². The van der Waals surface area contributed by atoms with Gasteiger partial charge in [0, 0.05) is 25.2 Å². The number of likely N-dealkylation sites (tertiary alicyclic amines) is 1. The topological polar surface area (TPSA) is 46.3 Å². The van der Waals surface area contributed by atoms with Crippen molar-refractivity contribution in [3.05, 3.63) is 41.7 Å². The second-order valence-electron chi connectivity index (χ2n) is 4.67. The van der Waals surface area contributed by atoms with Gasteiger partial charge in [0.15, 0.2) is 0 Å². The molecule has 1 atom stereocenters. The summed E-state index contributed by atoms with van der Waals surface area (Å²) < 4.78 is 13.1. The SMILES string of the molecule is C/C(=C\C(=O)N1CC[C@H](N)C1)c1cccc(F)c1. The van der Waals surface area contributed by atoms with Gasteiger partial charge in [-0.3, -0.25) is 4.79 Å². The third-order valence-electron chi connectivity index (χ3n) is 3.16. The van der Waals surface area contributed by atoms with E-state index in [-0.39, 0.29) is 17.8 Å². The predicted molar refractivity (Wildman–Crippen MR) is 69.2 cm³/mol. The number of hydrogen-bond donors (Lipinski definition) is 1. The first-order chi connectivity index (χ1) is 8.56. The van der Waals surface area contributed by atoms with E-state index in [1.807, 2.05) is 6.92 Å². The summed E-state index contributed by atoms with van der Waals surface area (Å²) in [5.41, 5.74) is 7.25. The van der Waals surface area contributed by atoms with Gasteiger partial charge in [0.05, 0.1) is 0 Å². The van der Waals surface area contributed by atoms with E-state index >= 15 is 0 Å². The van der Waals surface area contributed by atoms with Crippen molar-refractivity contribution in [3.8, 4) is 0 Å². The Morgan fingerprint density at radius 3 is 2.94 bits per heavy atom. The molecule has 1 aliphatic heterocycles. The second kappa shape index (κ2) is 5.31. The van der Waals surface area contributed by atoms with Crippen LogP contribution in [0.5, 0.6) is 0 Å². The standard InChI is InChI=1S/C14H17FN2O/c1-10(11-3-2-4-12(15)8-11)7-14(18)17-6-5-13(16)9-17/h2-4,7-8,13H,5-6,9,16H2,1H3/b10-7+/t13-/m0/s1. The maximum atomic E-state index is 13.1. The van der Waals surface area contributed by atoms with Crippen LogP contribution in [0.3, 0.4) is 0 Å². The average molecular weight is 248 g/mol. The van der Waals surface area contributed by atoms with Gasteiger partial charge in [-0.25, -0.2) is 4.39 Å². The molecule has 1 aliphatic rings. The summed E-state index contributed by atoms with van der Waals surface area (Å²) in [5.74, 6) is -0.347. The molecule has 2 rings (SSSR count). The summed E-state index contributed by atoms with van der Waals surface area (Å²) in [5, 5.41) is 0. The molecule has 1 saturated heterocycles. The Balaban J connectivity index is 2.10. The zero-order chi connectivity index (χ0) is 13.1. The summed E-state index contributed by atoms with van der Waals surface area (Å²) in [7, 11) is 0. The summed E-state index contributed by atoms with van der Waals surface area (Å²) in [6, 6.07) is 6.32. The van der Waals surface area contributed by atoms with E-state index in [0.717, 1.165) is 17.6 Å². The van der Waals surface area contributed by atoms with Crippen LogP contribution in [0.4, 0.5) is 4.39 Å². The highest BCUT2D eigenvalue weighted by Gasteiger charge is 2.22. The molecule has 4 heteroatoms. The second-order valence-corrected chi connectivity index (χ2v) is 4.67. The molecule has 0 saturated carbocycles. The highest BCUT2D eigenvalue weighted by atomic mass is 19.1. The van der Waals surface area contributed by atoms with Crippen LogP contribution in [-0.2, 0) is 4.79 Å². The molecule has 1 fully saturated rings. The minimum Gasteiger partial charge on any atom is -0.338 e. The largest absolute Gasteiger partial charge is 0.338 e. The Kier molecular flexibility index (Phi) is 3.77. The molecule has 1 heterocycles. The molecule has 1 aromatic carbocycles. The third kappa shape index (κ3) is 2.96. The lowest BCUT2D eigenvalue weighted by Crippen LogP contribution is -2.30.